The van der Waals surface area contributed by atoms with Gasteiger partial charge < -0.3 is 4.74 Å². The SMILES string of the molecule is CC(C)(C)CC(=O)c1ccc(Br)cc1OC(F)(F)F. The molecule has 0 spiro atoms. The van der Waals surface area contributed by atoms with Gasteiger partial charge in [0.05, 0.1) is 5.56 Å². The van der Waals surface area contributed by atoms with E-state index in [0.717, 1.165) is 6.07 Å². The van der Waals surface area contributed by atoms with E-state index in [9.17, 15) is 18.0 Å². The van der Waals surface area contributed by atoms with Crippen LogP contribution in [-0.2, 0) is 0 Å². The molecule has 0 fully saturated rings. The maximum atomic E-state index is 12.3. The Morgan fingerprint density at radius 2 is 1.84 bits per heavy atom. The average Bonchev–Trinajstić information content (AvgIpc) is 2.11. The van der Waals surface area contributed by atoms with Crippen LogP contribution in [0, 0.1) is 5.41 Å². The van der Waals surface area contributed by atoms with Crippen LogP contribution in [0.1, 0.15) is 37.6 Å². The van der Waals surface area contributed by atoms with Gasteiger partial charge in [0.2, 0.25) is 0 Å². The molecule has 0 heterocycles. The minimum atomic E-state index is -4.82. The summed E-state index contributed by atoms with van der Waals surface area (Å²) in [5.74, 6) is -0.852. The van der Waals surface area contributed by atoms with Crippen LogP contribution in [-0.4, -0.2) is 12.1 Å². The molecule has 0 aliphatic rings. The lowest BCUT2D eigenvalue weighted by Crippen LogP contribution is -2.20. The van der Waals surface area contributed by atoms with Crippen molar-refractivity contribution in [2.45, 2.75) is 33.6 Å². The predicted octanol–water partition coefficient (Wildman–Crippen LogP) is 4.97. The molecule has 1 aromatic carbocycles. The van der Waals surface area contributed by atoms with E-state index in [1.54, 1.807) is 0 Å². The van der Waals surface area contributed by atoms with Gasteiger partial charge in [-0.25, -0.2) is 0 Å². The van der Waals surface area contributed by atoms with Crippen LogP contribution >= 0.6 is 15.9 Å². The molecule has 0 aliphatic carbocycles. The van der Waals surface area contributed by atoms with Crippen LogP contribution in [0.5, 0.6) is 5.75 Å². The molecule has 0 aromatic heterocycles. The molecule has 0 N–H and O–H groups in total. The summed E-state index contributed by atoms with van der Waals surface area (Å²) in [7, 11) is 0. The predicted molar refractivity (Wildman–Crippen MR) is 69.2 cm³/mol. The van der Waals surface area contributed by atoms with Crippen molar-refractivity contribution in [2.75, 3.05) is 0 Å². The fourth-order valence-corrected chi connectivity index (χ4v) is 1.85. The second kappa shape index (κ2) is 5.53. The Labute approximate surface area is 118 Å². The summed E-state index contributed by atoms with van der Waals surface area (Å²) in [6.45, 7) is 5.52. The zero-order chi connectivity index (χ0) is 14.8. The number of ether oxygens (including phenoxy) is 1. The molecule has 0 amide bonds. The molecule has 0 atom stereocenters. The molecule has 0 saturated carbocycles. The molecule has 106 valence electrons. The van der Waals surface area contributed by atoms with Crippen molar-refractivity contribution in [3.63, 3.8) is 0 Å². The zero-order valence-electron chi connectivity index (χ0n) is 10.8. The van der Waals surface area contributed by atoms with Gasteiger partial charge in [-0.2, -0.15) is 0 Å². The van der Waals surface area contributed by atoms with Crippen LogP contribution < -0.4 is 4.74 Å². The highest BCUT2D eigenvalue weighted by Crippen LogP contribution is 2.32. The Bertz CT molecular complexity index is 476. The maximum absolute atomic E-state index is 12.3. The molecule has 1 rings (SSSR count). The molecule has 2 nitrogen and oxygen atoms in total. The third kappa shape index (κ3) is 5.63. The summed E-state index contributed by atoms with van der Waals surface area (Å²) in [5.41, 5.74) is -0.366. The highest BCUT2D eigenvalue weighted by molar-refractivity contribution is 9.10. The second-order valence-corrected chi connectivity index (χ2v) is 6.26. The number of benzene rings is 1. The Kier molecular flexibility index (Phi) is 4.66. The molecule has 19 heavy (non-hydrogen) atoms. The summed E-state index contributed by atoms with van der Waals surface area (Å²) in [6, 6.07) is 3.99. The standard InChI is InChI=1S/C13H14BrF3O2/c1-12(2,3)7-10(18)9-5-4-8(14)6-11(9)19-13(15,16)17/h4-6H,7H2,1-3H3. The van der Waals surface area contributed by atoms with Crippen molar-refractivity contribution in [2.24, 2.45) is 5.41 Å². The number of Topliss-reactive ketones (excluding diaryl/α,β-unsaturated/α-hetero) is 1. The van der Waals surface area contributed by atoms with Crippen LogP contribution in [0.25, 0.3) is 0 Å². The van der Waals surface area contributed by atoms with Gasteiger partial charge in [-0.05, 0) is 23.6 Å². The highest BCUT2D eigenvalue weighted by Gasteiger charge is 2.33. The molecule has 0 bridgehead atoms. The van der Waals surface area contributed by atoms with Gasteiger partial charge in [-0.15, -0.1) is 13.2 Å². The third-order valence-corrected chi connectivity index (χ3v) is 2.65. The third-order valence-electron chi connectivity index (χ3n) is 2.16. The lowest BCUT2D eigenvalue weighted by atomic mass is 9.87. The van der Waals surface area contributed by atoms with Crippen molar-refractivity contribution in [1.29, 1.82) is 0 Å². The van der Waals surface area contributed by atoms with E-state index in [2.05, 4.69) is 20.7 Å². The molecule has 0 unspecified atom stereocenters. The second-order valence-electron chi connectivity index (χ2n) is 5.35. The number of carbonyl (C=O) groups is 1. The summed E-state index contributed by atoms with van der Waals surface area (Å²) in [5, 5.41) is 0. The summed E-state index contributed by atoms with van der Waals surface area (Å²) < 4.78 is 41.2. The molecule has 0 radical (unpaired) electrons. The Balaban J connectivity index is 3.10. The number of ketones is 1. The monoisotopic (exact) mass is 338 g/mol. The fourth-order valence-electron chi connectivity index (χ4n) is 1.51. The first kappa shape index (κ1) is 16.0. The molecule has 0 aliphatic heterocycles. The van der Waals surface area contributed by atoms with Crippen molar-refractivity contribution >= 4 is 21.7 Å². The number of carbonyl (C=O) groups excluding carboxylic acids is 1. The first-order valence-corrected chi connectivity index (χ1v) is 6.36. The smallest absolute Gasteiger partial charge is 0.405 e. The lowest BCUT2D eigenvalue weighted by molar-refractivity contribution is -0.274. The van der Waals surface area contributed by atoms with E-state index in [1.165, 1.54) is 12.1 Å². The van der Waals surface area contributed by atoms with Crippen molar-refractivity contribution in [3.05, 3.63) is 28.2 Å². The van der Waals surface area contributed by atoms with E-state index in [1.807, 2.05) is 20.8 Å². The largest absolute Gasteiger partial charge is 0.573 e. The summed E-state index contributed by atoms with van der Waals surface area (Å²) >= 11 is 3.06. The Hall–Kier alpha value is -1.04. The number of hydrogen-bond acceptors (Lipinski definition) is 2. The van der Waals surface area contributed by atoms with Crippen LogP contribution in [0.3, 0.4) is 0 Å². The van der Waals surface area contributed by atoms with E-state index in [-0.39, 0.29) is 23.2 Å². The van der Waals surface area contributed by atoms with Gasteiger partial charge in [0.25, 0.3) is 0 Å². The number of halogens is 4. The first-order valence-electron chi connectivity index (χ1n) is 5.56. The van der Waals surface area contributed by atoms with Crippen LogP contribution in [0.2, 0.25) is 0 Å². The Morgan fingerprint density at radius 3 is 2.32 bits per heavy atom. The quantitative estimate of drug-likeness (QED) is 0.727. The van der Waals surface area contributed by atoms with Crippen LogP contribution in [0.4, 0.5) is 13.2 Å². The minimum Gasteiger partial charge on any atom is -0.405 e. The molecular weight excluding hydrogens is 325 g/mol. The number of alkyl halides is 3. The van der Waals surface area contributed by atoms with Crippen molar-refractivity contribution < 1.29 is 22.7 Å². The topological polar surface area (TPSA) is 26.3 Å². The molecule has 0 saturated heterocycles. The van der Waals surface area contributed by atoms with Gasteiger partial charge in [0.15, 0.2) is 5.78 Å². The summed E-state index contributed by atoms with van der Waals surface area (Å²) in [6.07, 6.45) is -4.68. The van der Waals surface area contributed by atoms with E-state index in [4.69, 9.17) is 0 Å². The Morgan fingerprint density at radius 1 is 1.26 bits per heavy atom. The lowest BCUT2D eigenvalue weighted by Gasteiger charge is -2.18. The van der Waals surface area contributed by atoms with Gasteiger partial charge in [0.1, 0.15) is 5.75 Å². The first-order chi connectivity index (χ1) is 8.48. The van der Waals surface area contributed by atoms with Crippen LogP contribution in [0.15, 0.2) is 22.7 Å². The van der Waals surface area contributed by atoms with Crippen molar-refractivity contribution in [3.8, 4) is 5.75 Å². The summed E-state index contributed by atoms with van der Waals surface area (Å²) in [4.78, 5) is 12.0. The van der Waals surface area contributed by atoms with E-state index < -0.39 is 12.1 Å². The van der Waals surface area contributed by atoms with Crippen molar-refractivity contribution in [1.82, 2.24) is 0 Å². The average molecular weight is 339 g/mol. The molecule has 1 aromatic rings. The van der Waals surface area contributed by atoms with E-state index >= 15 is 0 Å². The van der Waals surface area contributed by atoms with Gasteiger partial charge >= 0.3 is 6.36 Å². The fraction of sp³-hybridized carbons (Fsp3) is 0.462. The van der Waals surface area contributed by atoms with Gasteiger partial charge in [0, 0.05) is 10.9 Å². The number of hydrogen-bond donors (Lipinski definition) is 0. The normalized spacial score (nSPS) is 12.4. The maximum Gasteiger partial charge on any atom is 0.573 e. The van der Waals surface area contributed by atoms with Gasteiger partial charge in [-0.3, -0.25) is 4.79 Å². The van der Waals surface area contributed by atoms with Gasteiger partial charge in [-0.1, -0.05) is 36.7 Å². The zero-order valence-corrected chi connectivity index (χ0v) is 12.4. The van der Waals surface area contributed by atoms with E-state index in [0.29, 0.717) is 4.47 Å². The highest BCUT2D eigenvalue weighted by atomic mass is 79.9. The molecular formula is C13H14BrF3O2. The minimum absolute atomic E-state index is 0.0598. The number of rotatable bonds is 3. The molecule has 6 heteroatoms.